The minimum Gasteiger partial charge on any atom is -0.419 e. The molecule has 0 aliphatic heterocycles. The van der Waals surface area contributed by atoms with Crippen molar-refractivity contribution >= 4 is 11.6 Å². The number of benzene rings is 1. The zero-order valence-corrected chi connectivity index (χ0v) is 10.8. The Labute approximate surface area is 110 Å². The van der Waals surface area contributed by atoms with Gasteiger partial charge in [0.1, 0.15) is 0 Å². The van der Waals surface area contributed by atoms with Crippen LogP contribution in [-0.4, -0.2) is 30.5 Å². The van der Waals surface area contributed by atoms with Gasteiger partial charge in [-0.1, -0.05) is 17.7 Å². The molecule has 0 spiro atoms. The van der Waals surface area contributed by atoms with E-state index in [9.17, 15) is 0 Å². The van der Waals surface area contributed by atoms with Gasteiger partial charge in [-0.25, -0.2) is 0 Å². The van der Waals surface area contributed by atoms with Crippen molar-refractivity contribution < 1.29 is 9.15 Å². The second-order valence-electron chi connectivity index (χ2n) is 3.68. The van der Waals surface area contributed by atoms with Gasteiger partial charge in [0.15, 0.2) is 0 Å². The van der Waals surface area contributed by atoms with Crippen LogP contribution in [0.4, 0.5) is 0 Å². The third-order valence-electron chi connectivity index (χ3n) is 2.30. The van der Waals surface area contributed by atoms with Gasteiger partial charge in [-0.05, 0) is 18.2 Å². The van der Waals surface area contributed by atoms with Gasteiger partial charge in [0, 0.05) is 24.2 Å². The molecule has 0 atom stereocenters. The lowest BCUT2D eigenvalue weighted by Crippen LogP contribution is -2.18. The number of nitrogens with zero attached hydrogens (tertiary/aromatic N) is 2. The van der Waals surface area contributed by atoms with Crippen LogP contribution in [0.25, 0.3) is 11.5 Å². The van der Waals surface area contributed by atoms with Gasteiger partial charge in [-0.15, -0.1) is 10.2 Å². The molecule has 18 heavy (non-hydrogen) atoms. The molecule has 0 aliphatic rings. The first-order valence-corrected chi connectivity index (χ1v) is 5.95. The van der Waals surface area contributed by atoms with E-state index in [1.54, 1.807) is 19.2 Å². The summed E-state index contributed by atoms with van der Waals surface area (Å²) < 4.78 is 10.4. The predicted molar refractivity (Wildman–Crippen MR) is 68.3 cm³/mol. The maximum atomic E-state index is 5.90. The molecule has 0 bridgehead atoms. The van der Waals surface area contributed by atoms with E-state index in [-0.39, 0.29) is 0 Å². The van der Waals surface area contributed by atoms with Crippen LogP contribution in [-0.2, 0) is 11.3 Å². The van der Waals surface area contributed by atoms with E-state index in [1.165, 1.54) is 0 Å². The van der Waals surface area contributed by atoms with Crippen LogP contribution in [0.3, 0.4) is 0 Å². The fourth-order valence-corrected chi connectivity index (χ4v) is 1.62. The van der Waals surface area contributed by atoms with E-state index in [0.717, 1.165) is 12.1 Å². The summed E-state index contributed by atoms with van der Waals surface area (Å²) in [5.74, 6) is 1.02. The predicted octanol–water partition coefficient (Wildman–Crippen LogP) is 2.13. The number of methoxy groups -OCH3 is 1. The molecule has 0 unspecified atom stereocenters. The van der Waals surface area contributed by atoms with Crippen molar-refractivity contribution in [3.05, 3.63) is 35.2 Å². The lowest BCUT2D eigenvalue weighted by atomic mass is 10.2. The molecule has 0 amide bonds. The van der Waals surface area contributed by atoms with E-state index in [2.05, 4.69) is 15.5 Å². The Morgan fingerprint density at radius 3 is 3.06 bits per heavy atom. The monoisotopic (exact) mass is 267 g/mol. The SMILES string of the molecule is COCCNCc1nnc(-c2cccc(Cl)c2)o1. The van der Waals surface area contributed by atoms with Crippen LogP contribution in [0.15, 0.2) is 28.7 Å². The Morgan fingerprint density at radius 2 is 2.28 bits per heavy atom. The first-order valence-electron chi connectivity index (χ1n) is 5.57. The van der Waals surface area contributed by atoms with E-state index in [0.29, 0.717) is 30.0 Å². The van der Waals surface area contributed by atoms with Gasteiger partial charge in [0.2, 0.25) is 11.8 Å². The largest absolute Gasteiger partial charge is 0.419 e. The quantitative estimate of drug-likeness (QED) is 0.813. The topological polar surface area (TPSA) is 60.2 Å². The van der Waals surface area contributed by atoms with Gasteiger partial charge >= 0.3 is 0 Å². The average Bonchev–Trinajstić information content (AvgIpc) is 2.83. The highest BCUT2D eigenvalue weighted by atomic mass is 35.5. The summed E-state index contributed by atoms with van der Waals surface area (Å²) in [6, 6.07) is 7.31. The van der Waals surface area contributed by atoms with E-state index in [4.69, 9.17) is 20.8 Å². The molecule has 1 aromatic heterocycles. The van der Waals surface area contributed by atoms with Crippen molar-refractivity contribution in [1.82, 2.24) is 15.5 Å². The molecule has 5 nitrogen and oxygen atoms in total. The molecular formula is C12H14ClN3O2. The van der Waals surface area contributed by atoms with E-state index < -0.39 is 0 Å². The van der Waals surface area contributed by atoms with Crippen LogP contribution in [0.2, 0.25) is 5.02 Å². The second-order valence-corrected chi connectivity index (χ2v) is 4.12. The molecular weight excluding hydrogens is 254 g/mol. The van der Waals surface area contributed by atoms with Gasteiger partial charge < -0.3 is 14.5 Å². The molecule has 0 aliphatic carbocycles. The molecule has 0 fully saturated rings. The standard InChI is InChI=1S/C12H14ClN3O2/c1-17-6-5-14-8-11-15-16-12(18-11)9-3-2-4-10(13)7-9/h2-4,7,14H,5-6,8H2,1H3. The Morgan fingerprint density at radius 1 is 1.39 bits per heavy atom. The summed E-state index contributed by atoms with van der Waals surface area (Å²) in [5.41, 5.74) is 0.818. The lowest BCUT2D eigenvalue weighted by Gasteiger charge is -1.99. The highest BCUT2D eigenvalue weighted by Crippen LogP contribution is 2.21. The van der Waals surface area contributed by atoms with Gasteiger partial charge in [0.25, 0.3) is 0 Å². The summed E-state index contributed by atoms with van der Waals surface area (Å²) >= 11 is 5.90. The third-order valence-corrected chi connectivity index (χ3v) is 2.53. The first kappa shape index (κ1) is 13.0. The molecule has 0 radical (unpaired) electrons. The average molecular weight is 268 g/mol. The number of hydrogen-bond acceptors (Lipinski definition) is 5. The van der Waals surface area contributed by atoms with Crippen molar-refractivity contribution in [3.8, 4) is 11.5 Å². The van der Waals surface area contributed by atoms with Crippen LogP contribution < -0.4 is 5.32 Å². The van der Waals surface area contributed by atoms with Crippen LogP contribution >= 0.6 is 11.6 Å². The molecule has 1 N–H and O–H groups in total. The Kier molecular flexibility index (Phi) is 4.69. The summed E-state index contributed by atoms with van der Waals surface area (Å²) in [5, 5.41) is 11.7. The van der Waals surface area contributed by atoms with Crippen molar-refractivity contribution in [1.29, 1.82) is 0 Å². The van der Waals surface area contributed by atoms with Gasteiger partial charge in [-0.2, -0.15) is 0 Å². The summed E-state index contributed by atoms with van der Waals surface area (Å²) in [6.07, 6.45) is 0. The molecule has 0 saturated carbocycles. The highest BCUT2D eigenvalue weighted by molar-refractivity contribution is 6.30. The lowest BCUT2D eigenvalue weighted by molar-refractivity contribution is 0.198. The van der Waals surface area contributed by atoms with Gasteiger partial charge in [-0.3, -0.25) is 0 Å². The third kappa shape index (κ3) is 3.53. The van der Waals surface area contributed by atoms with Crippen LogP contribution in [0.5, 0.6) is 0 Å². The number of rotatable bonds is 6. The maximum absolute atomic E-state index is 5.90. The van der Waals surface area contributed by atoms with Crippen molar-refractivity contribution in [2.24, 2.45) is 0 Å². The summed E-state index contributed by atoms with van der Waals surface area (Å²) in [7, 11) is 1.66. The van der Waals surface area contributed by atoms with Crippen molar-refractivity contribution in [3.63, 3.8) is 0 Å². The molecule has 96 valence electrons. The normalized spacial score (nSPS) is 10.8. The molecule has 1 aromatic carbocycles. The fraction of sp³-hybridized carbons (Fsp3) is 0.333. The van der Waals surface area contributed by atoms with Crippen molar-refractivity contribution in [2.45, 2.75) is 6.54 Å². The van der Waals surface area contributed by atoms with Gasteiger partial charge in [0.05, 0.1) is 13.2 Å². The summed E-state index contributed by atoms with van der Waals surface area (Å²) in [4.78, 5) is 0. The highest BCUT2D eigenvalue weighted by Gasteiger charge is 2.08. The minimum atomic E-state index is 0.473. The Balaban J connectivity index is 1.97. The zero-order chi connectivity index (χ0) is 12.8. The molecule has 2 rings (SSSR count). The second kappa shape index (κ2) is 6.49. The number of hydrogen-bond donors (Lipinski definition) is 1. The van der Waals surface area contributed by atoms with E-state index >= 15 is 0 Å². The zero-order valence-electron chi connectivity index (χ0n) is 10.0. The Hall–Kier alpha value is -1.43. The van der Waals surface area contributed by atoms with Crippen LogP contribution in [0, 0.1) is 0 Å². The number of ether oxygens (including phenoxy) is 1. The molecule has 0 saturated heterocycles. The molecule has 1 heterocycles. The smallest absolute Gasteiger partial charge is 0.247 e. The molecule has 6 heteroatoms. The minimum absolute atomic E-state index is 0.473. The molecule has 2 aromatic rings. The van der Waals surface area contributed by atoms with Crippen LogP contribution in [0.1, 0.15) is 5.89 Å². The first-order chi connectivity index (χ1) is 8.79. The number of aromatic nitrogens is 2. The number of halogens is 1. The Bertz CT molecular complexity index is 502. The van der Waals surface area contributed by atoms with Crippen molar-refractivity contribution in [2.75, 3.05) is 20.3 Å². The summed E-state index contributed by atoms with van der Waals surface area (Å²) in [6.45, 7) is 1.91. The fourth-order valence-electron chi connectivity index (χ4n) is 1.43. The number of nitrogens with one attached hydrogen (secondary N) is 1. The maximum Gasteiger partial charge on any atom is 0.247 e. The van der Waals surface area contributed by atoms with E-state index in [1.807, 2.05) is 12.1 Å².